The van der Waals surface area contributed by atoms with E-state index in [1.807, 2.05) is 11.7 Å². The van der Waals surface area contributed by atoms with Crippen LogP contribution in [0.5, 0.6) is 0 Å². The highest BCUT2D eigenvalue weighted by Gasteiger charge is 2.21. The Bertz CT molecular complexity index is 343. The molecule has 1 aliphatic heterocycles. The molecular weight excluding hydrogens is 166 g/mol. The van der Waals surface area contributed by atoms with Crippen molar-refractivity contribution >= 4 is 6.29 Å². The smallest absolute Gasteiger partial charge is 0.170 e. The lowest BCUT2D eigenvalue weighted by Crippen LogP contribution is -2.27. The lowest BCUT2D eigenvalue weighted by atomic mass is 10.1. The predicted molar refractivity (Wildman–Crippen MR) is 48.6 cm³/mol. The van der Waals surface area contributed by atoms with Crippen molar-refractivity contribution in [3.63, 3.8) is 0 Å². The van der Waals surface area contributed by atoms with E-state index >= 15 is 0 Å². The van der Waals surface area contributed by atoms with Crippen LogP contribution in [0.1, 0.15) is 21.7 Å². The third-order valence-corrected chi connectivity index (χ3v) is 2.58. The summed E-state index contributed by atoms with van der Waals surface area (Å²) < 4.78 is 1.83. The highest BCUT2D eigenvalue weighted by Crippen LogP contribution is 2.19. The van der Waals surface area contributed by atoms with Crippen LogP contribution in [-0.2, 0) is 20.0 Å². The van der Waals surface area contributed by atoms with E-state index in [2.05, 4.69) is 17.0 Å². The van der Waals surface area contributed by atoms with E-state index in [-0.39, 0.29) is 0 Å². The van der Waals surface area contributed by atoms with Gasteiger partial charge >= 0.3 is 0 Å². The molecular formula is C9H13N3O. The van der Waals surface area contributed by atoms with Gasteiger partial charge < -0.3 is 4.90 Å². The number of aldehydes is 1. The summed E-state index contributed by atoms with van der Waals surface area (Å²) in [5, 5.41) is 4.17. The van der Waals surface area contributed by atoms with E-state index in [9.17, 15) is 4.79 Å². The second kappa shape index (κ2) is 2.96. The third-order valence-electron chi connectivity index (χ3n) is 2.58. The molecule has 4 nitrogen and oxygen atoms in total. The van der Waals surface area contributed by atoms with Crippen molar-refractivity contribution < 1.29 is 4.79 Å². The van der Waals surface area contributed by atoms with Gasteiger partial charge in [0.05, 0.1) is 0 Å². The second-order valence-corrected chi connectivity index (χ2v) is 3.54. The first-order valence-corrected chi connectivity index (χ1v) is 4.41. The Hall–Kier alpha value is -1.16. The van der Waals surface area contributed by atoms with Crippen molar-refractivity contribution in [2.24, 2.45) is 7.05 Å². The van der Waals surface area contributed by atoms with Crippen LogP contribution in [0, 0.1) is 0 Å². The lowest BCUT2D eigenvalue weighted by molar-refractivity contribution is 0.111. The van der Waals surface area contributed by atoms with Gasteiger partial charge in [-0.1, -0.05) is 0 Å². The van der Waals surface area contributed by atoms with E-state index in [1.54, 1.807) is 0 Å². The minimum atomic E-state index is 0.601. The molecule has 0 atom stereocenters. The number of aryl methyl sites for hydroxylation is 1. The maximum atomic E-state index is 10.7. The topological polar surface area (TPSA) is 38.1 Å². The largest absolute Gasteiger partial charge is 0.302 e. The SMILES string of the molecule is CN1CCc2c(c(C=O)nn2C)C1. The Morgan fingerprint density at radius 2 is 2.23 bits per heavy atom. The number of likely N-dealkylation sites (N-methyl/N-ethyl adjacent to an activating group) is 1. The van der Waals surface area contributed by atoms with Gasteiger partial charge in [-0.3, -0.25) is 9.48 Å². The number of carbonyl (C=O) groups is 1. The average molecular weight is 179 g/mol. The summed E-state index contributed by atoms with van der Waals surface area (Å²) in [6.07, 6.45) is 1.83. The summed E-state index contributed by atoms with van der Waals surface area (Å²) in [6.45, 7) is 1.89. The van der Waals surface area contributed by atoms with Crippen molar-refractivity contribution in [1.29, 1.82) is 0 Å². The van der Waals surface area contributed by atoms with Gasteiger partial charge in [0.2, 0.25) is 0 Å². The van der Waals surface area contributed by atoms with Gasteiger partial charge in [-0.25, -0.2) is 0 Å². The number of carbonyl (C=O) groups excluding carboxylic acids is 1. The van der Waals surface area contributed by atoms with Gasteiger partial charge in [0.25, 0.3) is 0 Å². The number of rotatable bonds is 1. The molecule has 70 valence electrons. The van der Waals surface area contributed by atoms with Crippen molar-refractivity contribution in [3.05, 3.63) is 17.0 Å². The molecule has 0 fully saturated rings. The molecule has 0 saturated heterocycles. The fourth-order valence-corrected chi connectivity index (χ4v) is 1.85. The predicted octanol–water partition coefficient (Wildman–Crippen LogP) is 0.220. The Morgan fingerprint density at radius 1 is 1.46 bits per heavy atom. The molecule has 1 aliphatic rings. The summed E-state index contributed by atoms with van der Waals surface area (Å²) in [5.74, 6) is 0. The summed E-state index contributed by atoms with van der Waals surface area (Å²) >= 11 is 0. The Kier molecular flexibility index (Phi) is 1.92. The molecule has 4 heteroatoms. The number of fused-ring (bicyclic) bond motifs is 1. The minimum Gasteiger partial charge on any atom is -0.302 e. The van der Waals surface area contributed by atoms with Gasteiger partial charge in [0.15, 0.2) is 6.29 Å². The number of aromatic nitrogens is 2. The molecule has 2 rings (SSSR count). The van der Waals surface area contributed by atoms with Crippen molar-refractivity contribution in [2.45, 2.75) is 13.0 Å². The second-order valence-electron chi connectivity index (χ2n) is 3.54. The monoisotopic (exact) mass is 179 g/mol. The van der Waals surface area contributed by atoms with Crippen LogP contribution in [0.2, 0.25) is 0 Å². The molecule has 0 bridgehead atoms. The molecule has 0 N–H and O–H groups in total. The fourth-order valence-electron chi connectivity index (χ4n) is 1.85. The van der Waals surface area contributed by atoms with Gasteiger partial charge in [-0.2, -0.15) is 5.10 Å². The number of hydrogen-bond donors (Lipinski definition) is 0. The first kappa shape index (κ1) is 8.44. The van der Waals surface area contributed by atoms with Crippen LogP contribution in [-0.4, -0.2) is 34.6 Å². The number of hydrogen-bond acceptors (Lipinski definition) is 3. The van der Waals surface area contributed by atoms with Crippen LogP contribution in [0.25, 0.3) is 0 Å². The van der Waals surface area contributed by atoms with Crippen LogP contribution < -0.4 is 0 Å². The summed E-state index contributed by atoms with van der Waals surface area (Å²) in [4.78, 5) is 12.9. The lowest BCUT2D eigenvalue weighted by Gasteiger charge is -2.22. The maximum Gasteiger partial charge on any atom is 0.170 e. The van der Waals surface area contributed by atoms with Gasteiger partial charge in [-0.05, 0) is 7.05 Å². The first-order valence-electron chi connectivity index (χ1n) is 4.41. The molecule has 0 saturated carbocycles. The van der Waals surface area contributed by atoms with E-state index in [0.717, 1.165) is 31.4 Å². The molecule has 2 heterocycles. The molecule has 0 amide bonds. The van der Waals surface area contributed by atoms with Crippen molar-refractivity contribution in [1.82, 2.24) is 14.7 Å². The van der Waals surface area contributed by atoms with Gasteiger partial charge in [0, 0.05) is 37.8 Å². The van der Waals surface area contributed by atoms with Crippen LogP contribution in [0.15, 0.2) is 0 Å². The van der Waals surface area contributed by atoms with E-state index in [4.69, 9.17) is 0 Å². The zero-order chi connectivity index (χ0) is 9.42. The molecule has 13 heavy (non-hydrogen) atoms. The standard InChI is InChI=1S/C9H13N3O/c1-11-4-3-9-7(5-11)8(6-13)10-12(9)2/h6H,3-5H2,1-2H3. The summed E-state index contributed by atoms with van der Waals surface area (Å²) in [7, 11) is 3.96. The molecule has 0 unspecified atom stereocenters. The molecule has 0 spiro atoms. The molecule has 0 aliphatic carbocycles. The Labute approximate surface area is 77.1 Å². The first-order chi connectivity index (χ1) is 6.22. The quantitative estimate of drug-likeness (QED) is 0.579. The molecule has 0 aromatic carbocycles. The van der Waals surface area contributed by atoms with Gasteiger partial charge in [0.1, 0.15) is 5.69 Å². The highest BCUT2D eigenvalue weighted by atomic mass is 16.1. The van der Waals surface area contributed by atoms with Crippen LogP contribution >= 0.6 is 0 Å². The fraction of sp³-hybridized carbons (Fsp3) is 0.556. The van der Waals surface area contributed by atoms with E-state index < -0.39 is 0 Å². The average Bonchev–Trinajstić information content (AvgIpc) is 2.42. The minimum absolute atomic E-state index is 0.601. The van der Waals surface area contributed by atoms with Crippen molar-refractivity contribution in [2.75, 3.05) is 13.6 Å². The maximum absolute atomic E-state index is 10.7. The molecule has 1 aromatic rings. The molecule has 0 radical (unpaired) electrons. The zero-order valence-electron chi connectivity index (χ0n) is 7.95. The van der Waals surface area contributed by atoms with E-state index in [1.165, 1.54) is 5.69 Å². The van der Waals surface area contributed by atoms with Crippen LogP contribution in [0.3, 0.4) is 0 Å². The van der Waals surface area contributed by atoms with Crippen LogP contribution in [0.4, 0.5) is 0 Å². The Morgan fingerprint density at radius 3 is 2.92 bits per heavy atom. The summed E-state index contributed by atoms with van der Waals surface area (Å²) in [6, 6.07) is 0. The zero-order valence-corrected chi connectivity index (χ0v) is 7.95. The molecule has 1 aromatic heterocycles. The normalized spacial score (nSPS) is 17.1. The third kappa shape index (κ3) is 1.27. The number of nitrogens with zero attached hydrogens (tertiary/aromatic N) is 3. The van der Waals surface area contributed by atoms with Crippen molar-refractivity contribution in [3.8, 4) is 0 Å². The van der Waals surface area contributed by atoms with Gasteiger partial charge in [-0.15, -0.1) is 0 Å². The summed E-state index contributed by atoms with van der Waals surface area (Å²) in [5.41, 5.74) is 2.91. The highest BCUT2D eigenvalue weighted by molar-refractivity contribution is 5.74. The Balaban J connectivity index is 2.48. The van der Waals surface area contributed by atoms with E-state index in [0.29, 0.717) is 5.69 Å².